The lowest BCUT2D eigenvalue weighted by Crippen LogP contribution is -2.28. The molecule has 0 unspecified atom stereocenters. The SMILES string of the molecule is CCN(CC)[P@@](/C=C1\N(C)c2ccccc2C1(C)C)(=Nc1ccc(C)cc1C)c1ccccc1. The van der Waals surface area contributed by atoms with E-state index in [0.717, 1.165) is 18.8 Å². The van der Waals surface area contributed by atoms with Crippen LogP contribution >= 0.6 is 7.21 Å². The molecule has 1 aliphatic rings. The summed E-state index contributed by atoms with van der Waals surface area (Å²) in [6.45, 7) is 15.4. The first kappa shape index (κ1) is 24.5. The molecule has 0 N–H and O–H groups in total. The van der Waals surface area contributed by atoms with Crippen LogP contribution in [-0.2, 0) is 5.41 Å². The molecule has 1 aliphatic heterocycles. The lowest BCUT2D eigenvalue weighted by atomic mass is 9.84. The van der Waals surface area contributed by atoms with Gasteiger partial charge in [0.05, 0.1) is 12.9 Å². The molecule has 34 heavy (non-hydrogen) atoms. The molecule has 1 atom stereocenters. The van der Waals surface area contributed by atoms with Crippen LogP contribution in [0.4, 0.5) is 11.4 Å². The number of rotatable bonds is 6. The number of allylic oxidation sites excluding steroid dienone is 1. The Morgan fingerprint density at radius 2 is 1.56 bits per heavy atom. The van der Waals surface area contributed by atoms with Gasteiger partial charge in [-0.15, -0.1) is 0 Å². The highest BCUT2D eigenvalue weighted by Gasteiger charge is 2.40. The second kappa shape index (κ2) is 9.56. The van der Waals surface area contributed by atoms with Crippen LogP contribution in [0.1, 0.15) is 44.4 Å². The van der Waals surface area contributed by atoms with Crippen molar-refractivity contribution in [2.75, 3.05) is 25.0 Å². The third-order valence-corrected chi connectivity index (χ3v) is 10.8. The lowest BCUT2D eigenvalue weighted by Gasteiger charge is -2.36. The van der Waals surface area contributed by atoms with E-state index in [-0.39, 0.29) is 5.41 Å². The van der Waals surface area contributed by atoms with Crippen molar-refractivity contribution in [2.24, 2.45) is 4.74 Å². The summed E-state index contributed by atoms with van der Waals surface area (Å²) in [7, 11) is -0.0561. The van der Waals surface area contributed by atoms with Crippen molar-refractivity contribution in [3.63, 3.8) is 0 Å². The van der Waals surface area contributed by atoms with Crippen LogP contribution in [0, 0.1) is 13.8 Å². The predicted molar refractivity (Wildman–Crippen MR) is 150 cm³/mol. The fourth-order valence-electron chi connectivity index (χ4n) is 5.25. The largest absolute Gasteiger partial charge is 0.347 e. The Kier molecular flexibility index (Phi) is 6.90. The first-order valence-corrected chi connectivity index (χ1v) is 14.1. The minimum Gasteiger partial charge on any atom is -0.347 e. The second-order valence-corrected chi connectivity index (χ2v) is 12.6. The third-order valence-electron chi connectivity index (χ3n) is 7.15. The molecule has 4 rings (SSSR count). The summed E-state index contributed by atoms with van der Waals surface area (Å²) >= 11 is 0. The molecule has 4 heteroatoms. The van der Waals surface area contributed by atoms with Crippen molar-refractivity contribution in [3.8, 4) is 0 Å². The van der Waals surface area contributed by atoms with E-state index in [2.05, 4.69) is 137 Å². The molecule has 3 aromatic carbocycles. The van der Waals surface area contributed by atoms with Crippen LogP contribution in [-0.4, -0.2) is 24.8 Å². The standard InChI is InChI=1S/C30H38N3P/c1-8-33(9-2)34(25-15-11-10-12-16-25,31-27-20-19-23(3)21-24(27)4)22-29-30(5,6)26-17-13-14-18-28(26)32(29)7/h10-22H,8-9H2,1-7H3/b29-22-/t34-/m1/s1. The van der Waals surface area contributed by atoms with Crippen LogP contribution in [0.3, 0.4) is 0 Å². The monoisotopic (exact) mass is 471 g/mol. The molecule has 0 saturated heterocycles. The molecule has 1 heterocycles. The minimum absolute atomic E-state index is 0.101. The lowest BCUT2D eigenvalue weighted by molar-refractivity contribution is 0.508. The van der Waals surface area contributed by atoms with Gasteiger partial charge in [0.2, 0.25) is 0 Å². The van der Waals surface area contributed by atoms with Crippen molar-refractivity contribution in [1.29, 1.82) is 0 Å². The fourth-order valence-corrected chi connectivity index (χ4v) is 9.06. The molecule has 0 amide bonds. The molecule has 178 valence electrons. The molecule has 0 saturated carbocycles. The van der Waals surface area contributed by atoms with Gasteiger partial charge < -0.3 is 4.90 Å². The Labute approximate surface area is 206 Å². The van der Waals surface area contributed by atoms with Gasteiger partial charge in [0.15, 0.2) is 0 Å². The van der Waals surface area contributed by atoms with E-state index in [4.69, 9.17) is 4.74 Å². The van der Waals surface area contributed by atoms with E-state index in [9.17, 15) is 0 Å². The van der Waals surface area contributed by atoms with Crippen molar-refractivity contribution >= 4 is 23.9 Å². The summed E-state index contributed by atoms with van der Waals surface area (Å²) in [6.07, 6.45) is 0. The fraction of sp³-hybridized carbons (Fsp3) is 0.333. The molecule has 0 spiro atoms. The summed E-state index contributed by atoms with van der Waals surface area (Å²) < 4.78 is 8.29. The van der Waals surface area contributed by atoms with Crippen molar-refractivity contribution in [3.05, 3.63) is 101 Å². The van der Waals surface area contributed by atoms with E-state index in [1.165, 1.54) is 33.4 Å². The average molecular weight is 472 g/mol. The van der Waals surface area contributed by atoms with Crippen LogP contribution in [0.5, 0.6) is 0 Å². The van der Waals surface area contributed by atoms with Crippen LogP contribution < -0.4 is 10.2 Å². The molecule has 0 radical (unpaired) electrons. The van der Waals surface area contributed by atoms with Crippen molar-refractivity contribution < 1.29 is 0 Å². The summed E-state index contributed by atoms with van der Waals surface area (Å²) in [5.41, 5.74) is 7.48. The Morgan fingerprint density at radius 3 is 2.18 bits per heavy atom. The molecule has 0 fully saturated rings. The molecule has 0 aliphatic carbocycles. The maximum absolute atomic E-state index is 5.70. The van der Waals surface area contributed by atoms with Gasteiger partial charge in [-0.3, -0.25) is 4.67 Å². The van der Waals surface area contributed by atoms with Gasteiger partial charge in [0.1, 0.15) is 0 Å². The number of likely N-dealkylation sites (N-methyl/N-ethyl adjacent to an activating group) is 1. The Balaban J connectivity index is 2.09. The van der Waals surface area contributed by atoms with Crippen molar-refractivity contribution in [2.45, 2.75) is 47.0 Å². The third kappa shape index (κ3) is 4.17. The maximum atomic E-state index is 5.70. The predicted octanol–water partition coefficient (Wildman–Crippen LogP) is 7.99. The number of para-hydroxylation sites is 1. The highest BCUT2D eigenvalue weighted by Crippen LogP contribution is 2.60. The first-order valence-electron chi connectivity index (χ1n) is 12.3. The summed E-state index contributed by atoms with van der Waals surface area (Å²) in [5, 5.41) is 1.30. The first-order chi connectivity index (χ1) is 16.2. The number of aryl methyl sites for hydroxylation is 2. The average Bonchev–Trinajstić information content (AvgIpc) is 3.02. The maximum Gasteiger partial charge on any atom is 0.0897 e. The van der Waals surface area contributed by atoms with Crippen molar-refractivity contribution in [1.82, 2.24) is 4.67 Å². The van der Waals surface area contributed by atoms with E-state index < -0.39 is 7.21 Å². The molecule has 0 aromatic heterocycles. The second-order valence-electron chi connectivity index (χ2n) is 9.73. The van der Waals surface area contributed by atoms with Gasteiger partial charge in [0, 0.05) is 42.2 Å². The number of hydrogen-bond donors (Lipinski definition) is 0. The van der Waals surface area contributed by atoms with Crippen LogP contribution in [0.15, 0.2) is 89.1 Å². The quantitative estimate of drug-likeness (QED) is 0.339. The van der Waals surface area contributed by atoms with Gasteiger partial charge in [0.25, 0.3) is 0 Å². The normalized spacial score (nSPS) is 17.6. The zero-order chi connectivity index (χ0) is 24.5. The topological polar surface area (TPSA) is 18.8 Å². The molecular weight excluding hydrogens is 433 g/mol. The molecular formula is C30H38N3P. The highest BCUT2D eigenvalue weighted by molar-refractivity contribution is 7.74. The van der Waals surface area contributed by atoms with Gasteiger partial charge in [-0.25, -0.2) is 4.74 Å². The van der Waals surface area contributed by atoms with Gasteiger partial charge in [-0.1, -0.05) is 93.9 Å². The summed E-state index contributed by atoms with van der Waals surface area (Å²) in [5.74, 6) is 2.54. The Morgan fingerprint density at radius 1 is 0.912 bits per heavy atom. The van der Waals surface area contributed by atoms with E-state index in [0.29, 0.717) is 0 Å². The Hall–Kier alpha value is -2.61. The number of fused-ring (bicyclic) bond motifs is 1. The molecule has 0 bridgehead atoms. The van der Waals surface area contributed by atoms with Gasteiger partial charge in [-0.2, -0.15) is 0 Å². The van der Waals surface area contributed by atoms with Gasteiger partial charge in [-0.05, 0) is 42.9 Å². The number of nitrogens with zero attached hydrogens (tertiary/aromatic N) is 3. The zero-order valence-corrected chi connectivity index (χ0v) is 22.6. The van der Waals surface area contributed by atoms with Crippen LogP contribution in [0.25, 0.3) is 0 Å². The molecule has 3 aromatic rings. The zero-order valence-electron chi connectivity index (χ0n) is 21.7. The van der Waals surface area contributed by atoms with Crippen LogP contribution in [0.2, 0.25) is 0 Å². The number of benzene rings is 3. The van der Waals surface area contributed by atoms with E-state index in [1.54, 1.807) is 0 Å². The van der Waals surface area contributed by atoms with E-state index in [1.807, 2.05) is 0 Å². The summed E-state index contributed by atoms with van der Waals surface area (Å²) in [4.78, 5) is 2.38. The summed E-state index contributed by atoms with van der Waals surface area (Å²) in [6, 6.07) is 26.4. The highest BCUT2D eigenvalue weighted by atomic mass is 31.2. The number of anilines is 1. The number of hydrogen-bond acceptors (Lipinski definition) is 2. The van der Waals surface area contributed by atoms with E-state index >= 15 is 0 Å². The molecule has 3 nitrogen and oxygen atoms in total. The minimum atomic E-state index is -2.26. The van der Waals surface area contributed by atoms with Gasteiger partial charge >= 0.3 is 0 Å². The Bertz CT molecular complexity index is 1250. The smallest absolute Gasteiger partial charge is 0.0897 e.